The number of amides is 1. The Morgan fingerprint density at radius 3 is 2.48 bits per heavy atom. The number of aliphatic hydroxyl groups is 1. The van der Waals surface area contributed by atoms with E-state index < -0.39 is 18.1 Å². The molecule has 0 spiro atoms. The number of hydrogen-bond acceptors (Lipinski definition) is 8. The molecule has 5 rings (SSSR count). The van der Waals surface area contributed by atoms with Crippen LogP contribution in [0.5, 0.6) is 17.2 Å². The number of aliphatic hydroxyl groups excluding tert-OH is 1. The smallest absolute Gasteiger partial charge is 0.253 e. The summed E-state index contributed by atoms with van der Waals surface area (Å²) in [6.45, 7) is 5.82. The Morgan fingerprint density at radius 1 is 1.02 bits per heavy atom. The quantitative estimate of drug-likeness (QED) is 0.215. The van der Waals surface area contributed by atoms with Crippen molar-refractivity contribution < 1.29 is 28.5 Å². The van der Waals surface area contributed by atoms with Gasteiger partial charge < -0.3 is 39.4 Å². The van der Waals surface area contributed by atoms with E-state index >= 15 is 0 Å². The number of halogens is 1. The number of carbonyl (C=O) groups is 1. The molecule has 1 saturated heterocycles. The van der Waals surface area contributed by atoms with E-state index in [1.54, 1.807) is 25.1 Å². The van der Waals surface area contributed by atoms with E-state index in [1.807, 2.05) is 24.3 Å². The Bertz CT molecular complexity index is 1540. The van der Waals surface area contributed by atoms with Crippen LogP contribution in [-0.2, 0) is 0 Å². The molecule has 0 bridgehead atoms. The molecule has 1 amide bonds. The molecule has 1 aromatic heterocycles. The van der Waals surface area contributed by atoms with E-state index in [-0.39, 0.29) is 11.4 Å². The van der Waals surface area contributed by atoms with Crippen LogP contribution >= 0.6 is 0 Å². The maximum atomic E-state index is 13.8. The zero-order chi connectivity index (χ0) is 31.2. The number of nitrogens with zero attached hydrogens (tertiary/aromatic N) is 3. The summed E-state index contributed by atoms with van der Waals surface area (Å²) in [5.41, 5.74) is 3.54. The fourth-order valence-electron chi connectivity index (χ4n) is 5.88. The lowest BCUT2D eigenvalue weighted by atomic mass is 9.93. The van der Waals surface area contributed by atoms with Gasteiger partial charge in [-0.1, -0.05) is 24.3 Å². The fraction of sp³-hybridized carbons (Fsp3) is 0.394. The number of anilines is 1. The fourth-order valence-corrected chi connectivity index (χ4v) is 5.88. The van der Waals surface area contributed by atoms with Crippen LogP contribution in [0.4, 0.5) is 10.3 Å². The van der Waals surface area contributed by atoms with Crippen molar-refractivity contribution in [3.63, 3.8) is 0 Å². The van der Waals surface area contributed by atoms with Crippen molar-refractivity contribution in [2.45, 2.75) is 31.9 Å². The largest absolute Gasteiger partial charge is 0.493 e. The second-order valence-electron chi connectivity index (χ2n) is 10.9. The van der Waals surface area contributed by atoms with Crippen LogP contribution in [0.15, 0.2) is 54.6 Å². The number of imidazole rings is 1. The molecule has 44 heavy (non-hydrogen) atoms. The first-order valence-electron chi connectivity index (χ1n) is 14.8. The van der Waals surface area contributed by atoms with Gasteiger partial charge >= 0.3 is 0 Å². The van der Waals surface area contributed by atoms with E-state index in [0.717, 1.165) is 55.1 Å². The minimum atomic E-state index is -1.23. The number of benzene rings is 3. The van der Waals surface area contributed by atoms with E-state index in [0.29, 0.717) is 35.8 Å². The molecular formula is C33H40FN5O5. The standard InChI is InChI=1S/C33H40FN5O5/c1-21-25(20-28(42-2)30(44-4)29(21)43-3)32(41)37-31(40)24(22-10-12-23(34)13-11-22)14-17-38-15-7-16-39(19-18-38)33-35-26-8-5-6-9-27(26)36-33/h5-6,8-13,20,24,31,40H,7,14-19H2,1-4H3,(H,35,36)(H,37,41). The molecule has 4 aromatic rings. The van der Waals surface area contributed by atoms with Crippen molar-refractivity contribution in [2.75, 3.05) is 59.0 Å². The highest BCUT2D eigenvalue weighted by molar-refractivity contribution is 5.97. The number of nitrogens with one attached hydrogen (secondary N) is 2. The number of ether oxygens (including phenoxy) is 3. The Kier molecular flexibility index (Phi) is 9.86. The minimum absolute atomic E-state index is 0.287. The minimum Gasteiger partial charge on any atom is -0.493 e. The molecule has 0 radical (unpaired) electrons. The van der Waals surface area contributed by atoms with Crippen molar-refractivity contribution in [2.24, 2.45) is 0 Å². The summed E-state index contributed by atoms with van der Waals surface area (Å²) in [5, 5.41) is 14.2. The van der Waals surface area contributed by atoms with Crippen LogP contribution in [0.1, 0.15) is 40.2 Å². The number of H-pyrrole nitrogens is 1. The van der Waals surface area contributed by atoms with Crippen LogP contribution in [0.3, 0.4) is 0 Å². The number of para-hydroxylation sites is 2. The van der Waals surface area contributed by atoms with E-state index in [1.165, 1.54) is 33.5 Å². The number of rotatable bonds is 11. The number of carbonyl (C=O) groups excluding carboxylic acids is 1. The number of fused-ring (bicyclic) bond motifs is 1. The van der Waals surface area contributed by atoms with E-state index in [2.05, 4.69) is 20.1 Å². The lowest BCUT2D eigenvalue weighted by Crippen LogP contribution is -2.41. The molecule has 11 heteroatoms. The summed E-state index contributed by atoms with van der Waals surface area (Å²) in [4.78, 5) is 26.3. The van der Waals surface area contributed by atoms with Crippen molar-refractivity contribution in [3.05, 3.63) is 77.1 Å². The third-order valence-corrected chi connectivity index (χ3v) is 8.30. The number of aromatic nitrogens is 2. The highest BCUT2D eigenvalue weighted by atomic mass is 19.1. The third-order valence-electron chi connectivity index (χ3n) is 8.30. The van der Waals surface area contributed by atoms with Gasteiger partial charge in [-0.3, -0.25) is 4.79 Å². The van der Waals surface area contributed by atoms with Crippen LogP contribution in [-0.4, -0.2) is 86.2 Å². The topological polar surface area (TPSA) is 112 Å². The molecule has 0 aliphatic carbocycles. The highest BCUT2D eigenvalue weighted by Gasteiger charge is 2.28. The highest BCUT2D eigenvalue weighted by Crippen LogP contribution is 2.41. The van der Waals surface area contributed by atoms with E-state index in [9.17, 15) is 14.3 Å². The molecule has 3 aromatic carbocycles. The zero-order valence-corrected chi connectivity index (χ0v) is 25.6. The van der Waals surface area contributed by atoms with Crippen molar-refractivity contribution >= 4 is 22.9 Å². The molecule has 234 valence electrons. The first kappa shape index (κ1) is 31.1. The predicted molar refractivity (Wildman–Crippen MR) is 167 cm³/mol. The van der Waals surface area contributed by atoms with Gasteiger partial charge in [-0.25, -0.2) is 9.37 Å². The van der Waals surface area contributed by atoms with Gasteiger partial charge in [0, 0.05) is 36.7 Å². The van der Waals surface area contributed by atoms with Gasteiger partial charge in [-0.05, 0) is 68.8 Å². The Morgan fingerprint density at radius 2 is 1.77 bits per heavy atom. The summed E-state index contributed by atoms with van der Waals surface area (Å²) in [6, 6.07) is 15.6. The summed E-state index contributed by atoms with van der Waals surface area (Å²) in [6.07, 6.45) is 0.273. The van der Waals surface area contributed by atoms with Crippen LogP contribution in [0.25, 0.3) is 11.0 Å². The van der Waals surface area contributed by atoms with Gasteiger partial charge in [-0.15, -0.1) is 0 Å². The SMILES string of the molecule is COc1cc(C(=O)NC(O)C(CCN2CCCN(c3nc4ccccc4[nH]3)CC2)c2ccc(F)cc2)c(C)c(OC)c1OC. The first-order valence-corrected chi connectivity index (χ1v) is 14.8. The van der Waals surface area contributed by atoms with Crippen molar-refractivity contribution in [1.82, 2.24) is 20.2 Å². The number of methoxy groups -OCH3 is 3. The molecule has 2 unspecified atom stereocenters. The maximum absolute atomic E-state index is 13.8. The molecule has 2 atom stereocenters. The molecular weight excluding hydrogens is 565 g/mol. The third kappa shape index (κ3) is 6.74. The number of aromatic amines is 1. The summed E-state index contributed by atoms with van der Waals surface area (Å²) >= 11 is 0. The number of hydrogen-bond donors (Lipinski definition) is 3. The molecule has 10 nitrogen and oxygen atoms in total. The summed E-state index contributed by atoms with van der Waals surface area (Å²) < 4.78 is 30.2. The normalized spacial score (nSPS) is 15.5. The average Bonchev–Trinajstić information content (AvgIpc) is 3.32. The zero-order valence-electron chi connectivity index (χ0n) is 25.6. The lowest BCUT2D eigenvalue weighted by Gasteiger charge is -2.28. The molecule has 0 saturated carbocycles. The van der Waals surface area contributed by atoms with Crippen LogP contribution in [0, 0.1) is 12.7 Å². The second-order valence-corrected chi connectivity index (χ2v) is 10.9. The Labute approximate surface area is 256 Å². The summed E-state index contributed by atoms with van der Waals surface area (Å²) in [5.74, 6) is 0.635. The maximum Gasteiger partial charge on any atom is 0.253 e. The Balaban J connectivity index is 1.29. The predicted octanol–water partition coefficient (Wildman–Crippen LogP) is 4.47. The second kappa shape index (κ2) is 14.0. The monoisotopic (exact) mass is 605 g/mol. The van der Waals surface area contributed by atoms with Crippen molar-refractivity contribution in [3.8, 4) is 17.2 Å². The molecule has 3 N–H and O–H groups in total. The van der Waals surface area contributed by atoms with E-state index in [4.69, 9.17) is 19.2 Å². The average molecular weight is 606 g/mol. The van der Waals surface area contributed by atoms with Gasteiger partial charge in [0.2, 0.25) is 11.7 Å². The van der Waals surface area contributed by atoms with Gasteiger partial charge in [0.25, 0.3) is 5.91 Å². The summed E-state index contributed by atoms with van der Waals surface area (Å²) in [7, 11) is 4.47. The van der Waals surface area contributed by atoms with Crippen molar-refractivity contribution in [1.29, 1.82) is 0 Å². The molecule has 1 aliphatic rings. The molecule has 1 fully saturated rings. The van der Waals surface area contributed by atoms with Gasteiger partial charge in [0.1, 0.15) is 12.0 Å². The first-order chi connectivity index (χ1) is 21.3. The van der Waals surface area contributed by atoms with Gasteiger partial charge in [0.05, 0.1) is 32.4 Å². The lowest BCUT2D eigenvalue weighted by molar-refractivity contribution is 0.0680. The molecule has 1 aliphatic heterocycles. The molecule has 2 heterocycles. The Hall–Kier alpha value is -4.35. The van der Waals surface area contributed by atoms with Crippen LogP contribution in [0.2, 0.25) is 0 Å². The van der Waals surface area contributed by atoms with Gasteiger partial charge in [0.15, 0.2) is 11.5 Å². The van der Waals surface area contributed by atoms with Crippen LogP contribution < -0.4 is 24.4 Å². The van der Waals surface area contributed by atoms with Gasteiger partial charge in [-0.2, -0.15) is 0 Å².